The van der Waals surface area contributed by atoms with Crippen LogP contribution in [0, 0.1) is 5.82 Å². The SMILES string of the molecule is CC(C)c1c(C/C=C/O)c(-c2ccc(F)cc2)n2ccc3ccccc3c12. The highest BCUT2D eigenvalue weighted by atomic mass is 19.1. The van der Waals surface area contributed by atoms with E-state index >= 15 is 0 Å². The van der Waals surface area contributed by atoms with Gasteiger partial charge in [-0.15, -0.1) is 0 Å². The molecule has 0 aliphatic heterocycles. The van der Waals surface area contributed by atoms with E-state index in [4.69, 9.17) is 0 Å². The quantitative estimate of drug-likeness (QED) is 0.406. The molecule has 0 amide bonds. The number of aromatic nitrogens is 1. The Kier molecular flexibility index (Phi) is 4.44. The number of fused-ring (bicyclic) bond motifs is 3. The van der Waals surface area contributed by atoms with Crippen LogP contribution in [-0.2, 0) is 6.42 Å². The van der Waals surface area contributed by atoms with Gasteiger partial charge in [0.1, 0.15) is 5.82 Å². The maximum Gasteiger partial charge on any atom is 0.123 e. The summed E-state index contributed by atoms with van der Waals surface area (Å²) < 4.78 is 15.7. The smallest absolute Gasteiger partial charge is 0.123 e. The Balaban J connectivity index is 2.17. The summed E-state index contributed by atoms with van der Waals surface area (Å²) in [5.41, 5.74) is 5.64. The molecule has 4 rings (SSSR count). The number of aliphatic hydroxyl groups excluding tert-OH is 1. The van der Waals surface area contributed by atoms with Crippen molar-refractivity contribution >= 4 is 16.3 Å². The van der Waals surface area contributed by atoms with Crippen molar-refractivity contribution < 1.29 is 9.50 Å². The van der Waals surface area contributed by atoms with Crippen LogP contribution in [0.4, 0.5) is 4.39 Å². The largest absolute Gasteiger partial charge is 0.516 e. The van der Waals surface area contributed by atoms with Gasteiger partial charge in [0.25, 0.3) is 0 Å². The fourth-order valence-corrected chi connectivity index (χ4v) is 4.01. The average Bonchev–Trinajstić information content (AvgIpc) is 3.01. The van der Waals surface area contributed by atoms with E-state index in [-0.39, 0.29) is 5.82 Å². The highest BCUT2D eigenvalue weighted by Crippen LogP contribution is 2.39. The second-order valence-corrected chi connectivity index (χ2v) is 7.11. The molecule has 4 aromatic rings. The molecule has 0 spiro atoms. The first-order chi connectivity index (χ1) is 13.1. The number of hydrogen-bond donors (Lipinski definition) is 1. The van der Waals surface area contributed by atoms with E-state index in [1.807, 2.05) is 18.2 Å². The predicted molar refractivity (Wildman–Crippen MR) is 110 cm³/mol. The molecular weight excluding hydrogens is 337 g/mol. The van der Waals surface area contributed by atoms with Crippen LogP contribution in [0.2, 0.25) is 0 Å². The van der Waals surface area contributed by atoms with Crippen LogP contribution in [0.15, 0.2) is 73.1 Å². The summed E-state index contributed by atoms with van der Waals surface area (Å²) in [6.45, 7) is 4.38. The lowest BCUT2D eigenvalue weighted by Gasteiger charge is -2.09. The lowest BCUT2D eigenvalue weighted by atomic mass is 9.93. The first kappa shape index (κ1) is 17.3. The van der Waals surface area contributed by atoms with E-state index in [1.165, 1.54) is 39.5 Å². The molecule has 0 saturated carbocycles. The van der Waals surface area contributed by atoms with Crippen LogP contribution in [-0.4, -0.2) is 9.51 Å². The summed E-state index contributed by atoms with van der Waals surface area (Å²) in [5, 5.41) is 11.7. The van der Waals surface area contributed by atoms with Gasteiger partial charge in [-0.05, 0) is 70.8 Å². The molecule has 2 aromatic carbocycles. The van der Waals surface area contributed by atoms with Gasteiger partial charge < -0.3 is 9.51 Å². The molecule has 0 bridgehead atoms. The van der Waals surface area contributed by atoms with Gasteiger partial charge in [0.2, 0.25) is 0 Å². The number of benzene rings is 2. The molecule has 136 valence electrons. The van der Waals surface area contributed by atoms with Crippen LogP contribution >= 0.6 is 0 Å². The van der Waals surface area contributed by atoms with Crippen LogP contribution < -0.4 is 0 Å². The van der Waals surface area contributed by atoms with Gasteiger partial charge in [-0.2, -0.15) is 0 Å². The van der Waals surface area contributed by atoms with Crippen LogP contribution in [0.1, 0.15) is 30.9 Å². The normalized spacial score (nSPS) is 12.0. The molecular formula is C24H22FNO. The van der Waals surface area contributed by atoms with Crippen molar-refractivity contribution in [3.8, 4) is 11.3 Å². The zero-order valence-corrected chi connectivity index (χ0v) is 15.5. The molecule has 0 aliphatic carbocycles. The minimum absolute atomic E-state index is 0.244. The van der Waals surface area contributed by atoms with E-state index in [9.17, 15) is 9.50 Å². The highest BCUT2D eigenvalue weighted by Gasteiger charge is 2.22. The number of aliphatic hydroxyl groups is 1. The van der Waals surface area contributed by atoms with Gasteiger partial charge in [0, 0.05) is 11.6 Å². The molecule has 2 heterocycles. The number of pyridine rings is 1. The first-order valence-electron chi connectivity index (χ1n) is 9.21. The molecule has 0 unspecified atom stereocenters. The molecule has 0 fully saturated rings. The fraction of sp³-hybridized carbons (Fsp3) is 0.167. The number of halogens is 1. The molecule has 3 heteroatoms. The average molecular weight is 359 g/mol. The second-order valence-electron chi connectivity index (χ2n) is 7.11. The van der Waals surface area contributed by atoms with Gasteiger partial charge in [0.05, 0.1) is 17.5 Å². The third-order valence-corrected chi connectivity index (χ3v) is 5.09. The number of nitrogens with zero attached hydrogens (tertiary/aromatic N) is 1. The van der Waals surface area contributed by atoms with E-state index in [1.54, 1.807) is 6.08 Å². The molecule has 0 atom stereocenters. The van der Waals surface area contributed by atoms with Crippen molar-refractivity contribution in [1.82, 2.24) is 4.40 Å². The van der Waals surface area contributed by atoms with Crippen molar-refractivity contribution in [1.29, 1.82) is 0 Å². The van der Waals surface area contributed by atoms with Crippen molar-refractivity contribution in [2.75, 3.05) is 0 Å². The van der Waals surface area contributed by atoms with E-state index in [0.29, 0.717) is 12.3 Å². The van der Waals surface area contributed by atoms with Gasteiger partial charge in [0.15, 0.2) is 0 Å². The van der Waals surface area contributed by atoms with Gasteiger partial charge >= 0.3 is 0 Å². The maximum atomic E-state index is 13.5. The third kappa shape index (κ3) is 2.89. The molecule has 0 radical (unpaired) electrons. The van der Waals surface area contributed by atoms with Crippen molar-refractivity contribution in [3.05, 3.63) is 90.1 Å². The maximum absolute atomic E-state index is 13.5. The molecule has 27 heavy (non-hydrogen) atoms. The standard InChI is InChI=1S/C24H22FNO/c1-16(2)22-21(8-5-15-27)23(18-9-11-19(25)12-10-18)26-14-13-17-6-3-4-7-20(17)24(22)26/h3-7,9-16,27H,8H2,1-2H3/b15-5+. The Morgan fingerprint density at radius 2 is 1.78 bits per heavy atom. The van der Waals surface area contributed by atoms with Crippen molar-refractivity contribution in [2.24, 2.45) is 0 Å². The van der Waals surface area contributed by atoms with E-state index < -0.39 is 0 Å². The molecule has 1 N–H and O–H groups in total. The van der Waals surface area contributed by atoms with Crippen molar-refractivity contribution in [2.45, 2.75) is 26.2 Å². The number of allylic oxidation sites excluding steroid dienone is 1. The highest BCUT2D eigenvalue weighted by molar-refractivity contribution is 6.00. The summed E-state index contributed by atoms with van der Waals surface area (Å²) >= 11 is 0. The molecule has 2 nitrogen and oxygen atoms in total. The topological polar surface area (TPSA) is 24.6 Å². The Morgan fingerprint density at radius 3 is 2.48 bits per heavy atom. The summed E-state index contributed by atoms with van der Waals surface area (Å²) in [6, 6.07) is 17.1. The molecule has 0 saturated heterocycles. The summed E-state index contributed by atoms with van der Waals surface area (Å²) in [5.74, 6) is 0.0630. The van der Waals surface area contributed by atoms with Gasteiger partial charge in [-0.25, -0.2) is 4.39 Å². The zero-order valence-electron chi connectivity index (χ0n) is 15.5. The van der Waals surface area contributed by atoms with Gasteiger partial charge in [-0.3, -0.25) is 0 Å². The Bertz CT molecular complexity index is 1140. The third-order valence-electron chi connectivity index (χ3n) is 5.09. The van der Waals surface area contributed by atoms with Crippen LogP contribution in [0.25, 0.3) is 27.5 Å². The lowest BCUT2D eigenvalue weighted by Crippen LogP contribution is -1.94. The van der Waals surface area contributed by atoms with Crippen LogP contribution in [0.3, 0.4) is 0 Å². The fourth-order valence-electron chi connectivity index (χ4n) is 4.01. The minimum Gasteiger partial charge on any atom is -0.516 e. The Morgan fingerprint density at radius 1 is 1.04 bits per heavy atom. The first-order valence-corrected chi connectivity index (χ1v) is 9.21. The van der Waals surface area contributed by atoms with Crippen molar-refractivity contribution in [3.63, 3.8) is 0 Å². The summed E-state index contributed by atoms with van der Waals surface area (Å²) in [7, 11) is 0. The lowest BCUT2D eigenvalue weighted by molar-refractivity contribution is 0.471. The second kappa shape index (κ2) is 6.92. The van der Waals surface area contributed by atoms with E-state index in [2.05, 4.69) is 48.7 Å². The number of hydrogen-bond acceptors (Lipinski definition) is 1. The summed E-state index contributed by atoms with van der Waals surface area (Å²) in [4.78, 5) is 0. The van der Waals surface area contributed by atoms with E-state index in [0.717, 1.165) is 17.5 Å². The summed E-state index contributed by atoms with van der Waals surface area (Å²) in [6.07, 6.45) is 5.57. The molecule has 0 aliphatic rings. The Hall–Kier alpha value is -3.07. The van der Waals surface area contributed by atoms with Crippen LogP contribution in [0.5, 0.6) is 0 Å². The Labute approximate surface area is 158 Å². The van der Waals surface area contributed by atoms with Gasteiger partial charge in [-0.1, -0.05) is 38.1 Å². The minimum atomic E-state index is -0.244. The monoisotopic (exact) mass is 359 g/mol. The number of rotatable bonds is 4. The molecule has 2 aromatic heterocycles. The predicted octanol–water partition coefficient (Wildman–Crippen LogP) is 6.64. The zero-order chi connectivity index (χ0) is 19.0.